The van der Waals surface area contributed by atoms with E-state index in [-0.39, 0.29) is 0 Å². The number of aryl methyl sites for hydroxylation is 1. The van der Waals surface area contributed by atoms with Crippen molar-refractivity contribution in [2.75, 3.05) is 5.32 Å². The van der Waals surface area contributed by atoms with Crippen LogP contribution in [0.25, 0.3) is 0 Å². The van der Waals surface area contributed by atoms with E-state index in [9.17, 15) is 0 Å². The Labute approximate surface area is 106 Å². The van der Waals surface area contributed by atoms with Crippen LogP contribution in [-0.2, 0) is 0 Å². The summed E-state index contributed by atoms with van der Waals surface area (Å²) in [6, 6.07) is 16.0. The number of anilines is 2. The van der Waals surface area contributed by atoms with E-state index in [1.165, 1.54) is 5.56 Å². The summed E-state index contributed by atoms with van der Waals surface area (Å²) in [6.45, 7) is 2.07. The molecule has 0 aliphatic heterocycles. The number of hydrogen-bond donors (Lipinski definition) is 1. The summed E-state index contributed by atoms with van der Waals surface area (Å²) in [5, 5.41) is 5.66. The van der Waals surface area contributed by atoms with Gasteiger partial charge in [-0.1, -0.05) is 17.7 Å². The molecule has 0 fully saturated rings. The van der Waals surface area contributed by atoms with E-state index in [0.29, 0.717) is 0 Å². The largest absolute Gasteiger partial charge is 0.356 e. The minimum atomic E-state index is 0.814. The smallest absolute Gasteiger partial charge is 0.0741 e. The second-order valence-electron chi connectivity index (χ2n) is 3.74. The summed E-state index contributed by atoms with van der Waals surface area (Å²) < 4.78 is 0. The molecule has 0 radical (unpaired) electrons. The van der Waals surface area contributed by atoms with Crippen LogP contribution in [0, 0.1) is 6.92 Å². The van der Waals surface area contributed by atoms with E-state index in [4.69, 9.17) is 0 Å². The van der Waals surface area contributed by atoms with Gasteiger partial charge in [-0.15, -0.1) is 0 Å². The molecule has 0 unspecified atom stereocenters. The highest BCUT2D eigenvalue weighted by atomic mass is 32.1. The summed E-state index contributed by atoms with van der Waals surface area (Å²) >= 11 is 4.55. The van der Waals surface area contributed by atoms with E-state index < -0.39 is 0 Å². The first kappa shape index (κ1) is 11.5. The molecule has 0 bridgehead atoms. The first-order valence-corrected chi connectivity index (χ1v) is 5.70. The summed E-state index contributed by atoms with van der Waals surface area (Å²) in [5.74, 6) is 0. The molecule has 2 rings (SSSR count). The normalized spacial score (nSPS) is 9.47. The Kier molecular flexibility index (Phi) is 3.66. The van der Waals surface area contributed by atoms with Gasteiger partial charge in [0.15, 0.2) is 0 Å². The van der Waals surface area contributed by atoms with Crippen LogP contribution in [0.3, 0.4) is 0 Å². The van der Waals surface area contributed by atoms with E-state index in [2.05, 4.69) is 58.9 Å². The fourth-order valence-corrected chi connectivity index (χ4v) is 1.58. The third kappa shape index (κ3) is 3.25. The van der Waals surface area contributed by atoms with Gasteiger partial charge in [-0.05, 0) is 55.5 Å². The summed E-state index contributed by atoms with van der Waals surface area (Å²) in [4.78, 5) is 3.90. The zero-order valence-electron chi connectivity index (χ0n) is 9.47. The highest BCUT2D eigenvalue weighted by molar-refractivity contribution is 7.78. The van der Waals surface area contributed by atoms with Crippen LogP contribution < -0.4 is 5.32 Å². The molecule has 0 amide bonds. The summed E-state index contributed by atoms with van der Waals surface area (Å²) in [5.41, 5.74) is 4.16. The van der Waals surface area contributed by atoms with Gasteiger partial charge in [0.25, 0.3) is 0 Å². The predicted octanol–water partition coefficient (Wildman–Crippen LogP) is 4.47. The Bertz CT molecular complexity index is 537. The molecule has 0 aliphatic rings. The molecular formula is C14H12N2S. The third-order valence-corrected chi connectivity index (χ3v) is 2.47. The predicted molar refractivity (Wildman–Crippen MR) is 75.6 cm³/mol. The fourth-order valence-electron chi connectivity index (χ4n) is 1.48. The van der Waals surface area contributed by atoms with Gasteiger partial charge in [-0.25, -0.2) is 0 Å². The van der Waals surface area contributed by atoms with Crippen molar-refractivity contribution in [3.8, 4) is 0 Å². The molecule has 0 atom stereocenters. The molecule has 0 aromatic heterocycles. The maximum absolute atomic E-state index is 4.55. The quantitative estimate of drug-likeness (QED) is 0.632. The minimum Gasteiger partial charge on any atom is -0.356 e. The Morgan fingerprint density at radius 1 is 0.941 bits per heavy atom. The number of aliphatic imine (C=N–C) groups is 1. The number of nitrogens with zero attached hydrogens (tertiary/aromatic N) is 1. The average Bonchev–Trinajstić information content (AvgIpc) is 2.35. The molecule has 0 saturated heterocycles. The van der Waals surface area contributed by atoms with Crippen LogP contribution in [-0.4, -0.2) is 5.16 Å². The third-order valence-electron chi connectivity index (χ3n) is 2.38. The SMILES string of the molecule is Cc1ccc(Nc2ccc(N=C=S)cc2)cc1. The van der Waals surface area contributed by atoms with Crippen molar-refractivity contribution in [1.82, 2.24) is 0 Å². The van der Waals surface area contributed by atoms with Gasteiger partial charge in [0.2, 0.25) is 0 Å². The van der Waals surface area contributed by atoms with E-state index >= 15 is 0 Å². The summed E-state index contributed by atoms with van der Waals surface area (Å²) in [7, 11) is 0. The van der Waals surface area contributed by atoms with Gasteiger partial charge in [-0.2, -0.15) is 4.99 Å². The van der Waals surface area contributed by atoms with Crippen molar-refractivity contribution in [2.24, 2.45) is 4.99 Å². The topological polar surface area (TPSA) is 24.4 Å². The van der Waals surface area contributed by atoms with Gasteiger partial charge in [0.1, 0.15) is 0 Å². The lowest BCUT2D eigenvalue weighted by Gasteiger charge is -2.06. The lowest BCUT2D eigenvalue weighted by atomic mass is 10.2. The second-order valence-corrected chi connectivity index (χ2v) is 3.92. The van der Waals surface area contributed by atoms with Crippen molar-refractivity contribution >= 4 is 34.4 Å². The molecule has 0 spiro atoms. The van der Waals surface area contributed by atoms with Gasteiger partial charge in [-0.3, -0.25) is 0 Å². The number of hydrogen-bond acceptors (Lipinski definition) is 3. The van der Waals surface area contributed by atoms with Crippen molar-refractivity contribution in [2.45, 2.75) is 6.92 Å². The Balaban J connectivity index is 2.13. The Morgan fingerprint density at radius 3 is 2.00 bits per heavy atom. The van der Waals surface area contributed by atoms with Crippen LogP contribution in [0.5, 0.6) is 0 Å². The minimum absolute atomic E-state index is 0.814. The average molecular weight is 240 g/mol. The van der Waals surface area contributed by atoms with E-state index in [1.54, 1.807) is 0 Å². The first-order chi connectivity index (χ1) is 8.28. The maximum atomic E-state index is 4.55. The lowest BCUT2D eigenvalue weighted by Crippen LogP contribution is -1.89. The molecule has 17 heavy (non-hydrogen) atoms. The second kappa shape index (κ2) is 5.39. The van der Waals surface area contributed by atoms with Crippen molar-refractivity contribution in [1.29, 1.82) is 0 Å². The van der Waals surface area contributed by atoms with Gasteiger partial charge < -0.3 is 5.32 Å². The number of nitrogens with one attached hydrogen (secondary N) is 1. The maximum Gasteiger partial charge on any atom is 0.0741 e. The number of isothiocyanates is 1. The van der Waals surface area contributed by atoms with E-state index in [1.807, 2.05) is 24.3 Å². The van der Waals surface area contributed by atoms with E-state index in [0.717, 1.165) is 17.1 Å². The zero-order chi connectivity index (χ0) is 12.1. The standard InChI is InChI=1S/C14H12N2S/c1-11-2-4-13(5-3-11)16-14-8-6-12(7-9-14)15-10-17/h2-9,16H,1H3. The van der Waals surface area contributed by atoms with Gasteiger partial charge >= 0.3 is 0 Å². The monoisotopic (exact) mass is 240 g/mol. The Morgan fingerprint density at radius 2 is 1.47 bits per heavy atom. The molecule has 2 nitrogen and oxygen atoms in total. The molecule has 0 heterocycles. The van der Waals surface area contributed by atoms with Crippen LogP contribution in [0.15, 0.2) is 53.5 Å². The molecule has 3 heteroatoms. The molecule has 0 aliphatic carbocycles. The Hall–Kier alpha value is -1.96. The highest BCUT2D eigenvalue weighted by Crippen LogP contribution is 2.20. The molecular weight excluding hydrogens is 228 g/mol. The summed E-state index contributed by atoms with van der Waals surface area (Å²) in [6.07, 6.45) is 0. The fraction of sp³-hybridized carbons (Fsp3) is 0.0714. The number of benzene rings is 2. The first-order valence-electron chi connectivity index (χ1n) is 5.29. The van der Waals surface area contributed by atoms with Crippen LogP contribution in [0.1, 0.15) is 5.56 Å². The van der Waals surface area contributed by atoms with Gasteiger partial charge in [0, 0.05) is 11.4 Å². The molecule has 84 valence electrons. The van der Waals surface area contributed by atoms with Crippen LogP contribution >= 0.6 is 12.2 Å². The number of thiocarbonyl (C=S) groups is 1. The van der Waals surface area contributed by atoms with Crippen molar-refractivity contribution in [3.05, 3.63) is 54.1 Å². The van der Waals surface area contributed by atoms with Gasteiger partial charge in [0.05, 0.1) is 10.8 Å². The van der Waals surface area contributed by atoms with Crippen LogP contribution in [0.4, 0.5) is 17.1 Å². The van der Waals surface area contributed by atoms with Crippen molar-refractivity contribution < 1.29 is 0 Å². The highest BCUT2D eigenvalue weighted by Gasteiger charge is 1.94. The molecule has 2 aromatic carbocycles. The molecule has 1 N–H and O–H groups in total. The van der Waals surface area contributed by atoms with Crippen molar-refractivity contribution in [3.63, 3.8) is 0 Å². The van der Waals surface area contributed by atoms with Crippen LogP contribution in [0.2, 0.25) is 0 Å². The molecule has 0 saturated carbocycles. The zero-order valence-corrected chi connectivity index (χ0v) is 10.3. The lowest BCUT2D eigenvalue weighted by molar-refractivity contribution is 1.45. The molecule has 2 aromatic rings. The number of rotatable bonds is 3.